The van der Waals surface area contributed by atoms with Crippen LogP contribution in [0.5, 0.6) is 5.75 Å². The molecule has 0 spiro atoms. The first kappa shape index (κ1) is 35.1. The quantitative estimate of drug-likeness (QED) is 0.198. The van der Waals surface area contributed by atoms with Crippen molar-refractivity contribution in [3.63, 3.8) is 0 Å². The molecule has 2 aliphatic heterocycles. The van der Waals surface area contributed by atoms with Gasteiger partial charge in [-0.05, 0) is 65.7 Å². The molecule has 0 radical (unpaired) electrons. The fourth-order valence-corrected chi connectivity index (χ4v) is 4.93. The van der Waals surface area contributed by atoms with Crippen LogP contribution in [0, 0.1) is 0 Å². The van der Waals surface area contributed by atoms with Gasteiger partial charge in [-0.3, -0.25) is 9.69 Å². The van der Waals surface area contributed by atoms with E-state index < -0.39 is 46.9 Å². The molecule has 1 aromatic rings. The van der Waals surface area contributed by atoms with E-state index in [4.69, 9.17) is 29.4 Å². The Labute approximate surface area is 259 Å². The Kier molecular flexibility index (Phi) is 11.6. The molecule has 3 atom stereocenters. The largest absolute Gasteiger partial charge is 0.490 e. The number of rotatable bonds is 12. The number of carbonyl (C=O) groups is 4. The Morgan fingerprint density at radius 1 is 1.00 bits per heavy atom. The number of ether oxygens (including phenoxy) is 5. The number of nitrogens with one attached hydrogen (secondary N) is 1. The van der Waals surface area contributed by atoms with Crippen molar-refractivity contribution < 1.29 is 42.9 Å². The lowest BCUT2D eigenvalue weighted by Gasteiger charge is -2.35. The Morgan fingerprint density at radius 2 is 1.61 bits per heavy atom. The van der Waals surface area contributed by atoms with E-state index in [1.807, 2.05) is 20.8 Å². The number of nitrogens with zero attached hydrogens (tertiary/aromatic N) is 2. The topological polar surface area (TPSA) is 159 Å². The minimum Gasteiger partial charge on any atom is -0.490 e. The number of hydrogen-bond donors (Lipinski definition) is 2. The molecule has 3 unspecified atom stereocenters. The maximum absolute atomic E-state index is 13.0. The van der Waals surface area contributed by atoms with Crippen LogP contribution in [-0.4, -0.2) is 116 Å². The van der Waals surface area contributed by atoms with Gasteiger partial charge < -0.3 is 39.6 Å². The second-order valence-electron chi connectivity index (χ2n) is 13.2. The SMILES string of the molecule is COC(=O)C(N)(Cc1ccc(OCC2CN(CCC(C(=O)OC(C)(C)C)N3CCNCC3)C(=O)O2)cc1)C(=O)OC(C)(C)C. The monoisotopic (exact) mass is 620 g/mol. The van der Waals surface area contributed by atoms with Gasteiger partial charge in [0, 0.05) is 39.1 Å². The number of piperazine rings is 1. The smallest absolute Gasteiger partial charge is 0.410 e. The zero-order valence-electron chi connectivity index (χ0n) is 27.0. The van der Waals surface area contributed by atoms with E-state index in [0.29, 0.717) is 30.8 Å². The van der Waals surface area contributed by atoms with Crippen molar-refractivity contribution >= 4 is 24.0 Å². The van der Waals surface area contributed by atoms with E-state index in [1.165, 1.54) is 0 Å². The fraction of sp³-hybridized carbons (Fsp3) is 0.677. The third-order valence-corrected chi connectivity index (χ3v) is 7.05. The normalized spacial score (nSPS) is 19.9. The number of carbonyl (C=O) groups excluding carboxylic acids is 4. The molecule has 2 fully saturated rings. The Bertz CT molecular complexity index is 1160. The molecule has 44 heavy (non-hydrogen) atoms. The lowest BCUT2D eigenvalue weighted by Crippen LogP contribution is -2.59. The van der Waals surface area contributed by atoms with Gasteiger partial charge in [-0.2, -0.15) is 0 Å². The van der Waals surface area contributed by atoms with Gasteiger partial charge in [0.2, 0.25) is 5.54 Å². The second-order valence-corrected chi connectivity index (χ2v) is 13.2. The predicted molar refractivity (Wildman–Crippen MR) is 161 cm³/mol. The summed E-state index contributed by atoms with van der Waals surface area (Å²) in [4.78, 5) is 54.5. The first-order valence-electron chi connectivity index (χ1n) is 15.0. The Hall–Kier alpha value is -3.42. The molecule has 0 aliphatic carbocycles. The highest BCUT2D eigenvalue weighted by Gasteiger charge is 2.46. The van der Waals surface area contributed by atoms with Crippen LogP contribution in [-0.2, 0) is 39.8 Å². The standard InChI is InChI=1S/C31H48N4O9/c1-29(2,3)43-25(36)24(34-16-13-33-14-17-34)12-15-35-19-23(42-28(35)39)20-41-22-10-8-21(9-11-22)18-31(32,26(37)40-7)27(38)44-30(4,5)6/h8-11,23-24,33H,12-20,32H2,1-7H3. The molecule has 0 saturated carbocycles. The lowest BCUT2D eigenvalue weighted by atomic mass is 9.91. The minimum absolute atomic E-state index is 0.121. The van der Waals surface area contributed by atoms with Gasteiger partial charge in [-0.15, -0.1) is 0 Å². The fourth-order valence-electron chi connectivity index (χ4n) is 4.93. The summed E-state index contributed by atoms with van der Waals surface area (Å²) in [5.41, 5.74) is 3.34. The number of methoxy groups -OCH3 is 1. The number of amides is 1. The first-order chi connectivity index (χ1) is 20.5. The molecular weight excluding hydrogens is 572 g/mol. The predicted octanol–water partition coefficient (Wildman–Crippen LogP) is 1.65. The van der Waals surface area contributed by atoms with Crippen LogP contribution < -0.4 is 15.8 Å². The van der Waals surface area contributed by atoms with Crippen LogP contribution in [0.25, 0.3) is 0 Å². The van der Waals surface area contributed by atoms with E-state index in [2.05, 4.69) is 10.2 Å². The first-order valence-corrected chi connectivity index (χ1v) is 15.0. The molecule has 1 amide bonds. The summed E-state index contributed by atoms with van der Waals surface area (Å²) in [6.07, 6.45) is -0.662. The molecule has 3 rings (SSSR count). The van der Waals surface area contributed by atoms with Crippen LogP contribution in [0.15, 0.2) is 24.3 Å². The molecule has 0 bridgehead atoms. The van der Waals surface area contributed by atoms with E-state index in [0.717, 1.165) is 33.3 Å². The Balaban J connectivity index is 1.55. The van der Waals surface area contributed by atoms with Crippen LogP contribution in [0.3, 0.4) is 0 Å². The number of benzene rings is 1. The van der Waals surface area contributed by atoms with Gasteiger partial charge in [0.05, 0.1) is 13.7 Å². The number of cyclic esters (lactones) is 1. The Morgan fingerprint density at radius 3 is 2.18 bits per heavy atom. The zero-order chi connectivity index (χ0) is 32.7. The van der Waals surface area contributed by atoms with E-state index in [1.54, 1.807) is 49.9 Å². The van der Waals surface area contributed by atoms with Gasteiger partial charge in [0.1, 0.15) is 29.6 Å². The summed E-state index contributed by atoms with van der Waals surface area (Å²) in [5, 5.41) is 3.29. The average Bonchev–Trinajstić information content (AvgIpc) is 3.29. The van der Waals surface area contributed by atoms with Crippen molar-refractivity contribution in [2.45, 2.75) is 83.3 Å². The van der Waals surface area contributed by atoms with Crippen molar-refractivity contribution in [3.05, 3.63) is 29.8 Å². The van der Waals surface area contributed by atoms with Gasteiger partial charge in [0.25, 0.3) is 0 Å². The molecule has 3 N–H and O–H groups in total. The molecule has 2 aliphatic rings. The third kappa shape index (κ3) is 10.1. The van der Waals surface area contributed by atoms with E-state index >= 15 is 0 Å². The van der Waals surface area contributed by atoms with E-state index in [-0.39, 0.29) is 19.0 Å². The van der Waals surface area contributed by atoms with Gasteiger partial charge in [-0.1, -0.05) is 12.1 Å². The van der Waals surface area contributed by atoms with Crippen LogP contribution >= 0.6 is 0 Å². The van der Waals surface area contributed by atoms with Crippen LogP contribution in [0.1, 0.15) is 53.5 Å². The van der Waals surface area contributed by atoms with Crippen molar-refractivity contribution in [1.29, 1.82) is 0 Å². The molecule has 246 valence electrons. The zero-order valence-corrected chi connectivity index (χ0v) is 27.0. The molecule has 13 nitrogen and oxygen atoms in total. The molecule has 2 heterocycles. The summed E-state index contributed by atoms with van der Waals surface area (Å²) in [5.74, 6) is -1.56. The molecule has 13 heteroatoms. The number of hydrogen-bond acceptors (Lipinski definition) is 12. The maximum Gasteiger partial charge on any atom is 0.410 e. The molecule has 1 aromatic carbocycles. The van der Waals surface area contributed by atoms with Crippen LogP contribution in [0.4, 0.5) is 4.79 Å². The van der Waals surface area contributed by atoms with Gasteiger partial charge >= 0.3 is 24.0 Å². The average molecular weight is 621 g/mol. The highest BCUT2D eigenvalue weighted by molar-refractivity contribution is 6.05. The summed E-state index contributed by atoms with van der Waals surface area (Å²) < 4.78 is 27.2. The summed E-state index contributed by atoms with van der Waals surface area (Å²) in [7, 11) is 1.16. The lowest BCUT2D eigenvalue weighted by molar-refractivity contribution is -0.170. The van der Waals surface area contributed by atoms with Gasteiger partial charge in [-0.25, -0.2) is 14.4 Å². The van der Waals surface area contributed by atoms with Crippen molar-refractivity contribution in [2.24, 2.45) is 5.73 Å². The number of nitrogens with two attached hydrogens (primary N) is 1. The molecular formula is C31H48N4O9. The minimum atomic E-state index is -2.01. The second kappa shape index (κ2) is 14.6. The maximum atomic E-state index is 13.0. The molecule has 0 aromatic heterocycles. The summed E-state index contributed by atoms with van der Waals surface area (Å²) in [6, 6.07) is 6.26. The third-order valence-electron chi connectivity index (χ3n) is 7.05. The van der Waals surface area contributed by atoms with Crippen LogP contribution in [0.2, 0.25) is 0 Å². The summed E-state index contributed by atoms with van der Waals surface area (Å²) in [6.45, 7) is 14.4. The van der Waals surface area contributed by atoms with Crippen molar-refractivity contribution in [3.8, 4) is 5.75 Å². The van der Waals surface area contributed by atoms with Crippen molar-refractivity contribution in [2.75, 3.05) is 53.0 Å². The van der Waals surface area contributed by atoms with Crippen molar-refractivity contribution in [1.82, 2.24) is 15.1 Å². The highest BCUT2D eigenvalue weighted by Crippen LogP contribution is 2.23. The number of esters is 3. The van der Waals surface area contributed by atoms with Gasteiger partial charge in [0.15, 0.2) is 6.10 Å². The molecule has 2 saturated heterocycles. The van der Waals surface area contributed by atoms with E-state index in [9.17, 15) is 19.2 Å². The highest BCUT2D eigenvalue weighted by atomic mass is 16.6. The summed E-state index contributed by atoms with van der Waals surface area (Å²) >= 11 is 0.